The number of carbonyl (C=O) groups excluding carboxylic acids is 1. The molecule has 0 amide bonds. The van der Waals surface area contributed by atoms with Crippen LogP contribution in [0.3, 0.4) is 0 Å². The number of carbonyl (C=O) groups is 1. The van der Waals surface area contributed by atoms with Gasteiger partial charge >= 0.3 is 0 Å². The third-order valence-electron chi connectivity index (χ3n) is 2.92. The van der Waals surface area contributed by atoms with Crippen LogP contribution in [0.25, 0.3) is 0 Å². The molecule has 1 aliphatic rings. The number of benzene rings is 1. The molecular formula is C12H13NO4S. The van der Waals surface area contributed by atoms with Crippen LogP contribution in [0.5, 0.6) is 0 Å². The maximum Gasteiger partial charge on any atom is 0.270 e. The lowest BCUT2D eigenvalue weighted by atomic mass is 10.2. The number of aldehydes is 1. The van der Waals surface area contributed by atoms with E-state index in [4.69, 9.17) is 4.74 Å². The number of hydrogen-bond acceptors (Lipinski definition) is 5. The highest BCUT2D eigenvalue weighted by Gasteiger charge is 2.26. The maximum atomic E-state index is 11.0. The lowest BCUT2D eigenvalue weighted by molar-refractivity contribution is -0.384. The van der Waals surface area contributed by atoms with Gasteiger partial charge in [-0.25, -0.2) is 0 Å². The topological polar surface area (TPSA) is 69.4 Å². The van der Waals surface area contributed by atoms with E-state index < -0.39 is 4.92 Å². The van der Waals surface area contributed by atoms with Crippen molar-refractivity contribution in [1.29, 1.82) is 0 Å². The van der Waals surface area contributed by atoms with Crippen molar-refractivity contribution < 1.29 is 14.5 Å². The molecule has 1 aliphatic heterocycles. The van der Waals surface area contributed by atoms with Crippen LogP contribution < -0.4 is 0 Å². The molecule has 0 radical (unpaired) electrons. The molecule has 1 aromatic carbocycles. The summed E-state index contributed by atoms with van der Waals surface area (Å²) in [5, 5.41) is 10.9. The minimum atomic E-state index is -0.497. The second kappa shape index (κ2) is 5.49. The van der Waals surface area contributed by atoms with E-state index in [0.29, 0.717) is 17.1 Å². The number of thioether (sulfide) groups is 1. The van der Waals surface area contributed by atoms with Crippen molar-refractivity contribution in [3.05, 3.63) is 33.9 Å². The minimum absolute atomic E-state index is 0.0582. The van der Waals surface area contributed by atoms with Crippen LogP contribution in [0.1, 0.15) is 23.7 Å². The minimum Gasteiger partial charge on any atom is -0.377 e. The van der Waals surface area contributed by atoms with E-state index in [1.807, 2.05) is 6.92 Å². The number of hydrogen-bond donors (Lipinski definition) is 0. The molecule has 0 aliphatic carbocycles. The lowest BCUT2D eigenvalue weighted by Gasteiger charge is -2.14. The molecule has 0 saturated carbocycles. The maximum absolute atomic E-state index is 11.0. The van der Waals surface area contributed by atoms with Crippen molar-refractivity contribution in [2.75, 3.05) is 6.61 Å². The number of rotatable bonds is 4. The van der Waals surface area contributed by atoms with Gasteiger partial charge in [0.1, 0.15) is 0 Å². The Morgan fingerprint density at radius 3 is 2.89 bits per heavy atom. The highest BCUT2D eigenvalue weighted by molar-refractivity contribution is 8.00. The van der Waals surface area contributed by atoms with Crippen molar-refractivity contribution >= 4 is 23.7 Å². The molecule has 0 N–H and O–H groups in total. The predicted molar refractivity (Wildman–Crippen MR) is 68.2 cm³/mol. The fourth-order valence-corrected chi connectivity index (χ4v) is 3.08. The fourth-order valence-electron chi connectivity index (χ4n) is 1.88. The van der Waals surface area contributed by atoms with Gasteiger partial charge in [0.15, 0.2) is 6.29 Å². The zero-order chi connectivity index (χ0) is 13.1. The normalized spacial score (nSPS) is 22.9. The third-order valence-corrected chi connectivity index (χ3v) is 4.46. The van der Waals surface area contributed by atoms with Crippen molar-refractivity contribution in [2.45, 2.75) is 29.6 Å². The van der Waals surface area contributed by atoms with Gasteiger partial charge in [-0.2, -0.15) is 0 Å². The van der Waals surface area contributed by atoms with E-state index in [1.54, 1.807) is 17.8 Å². The smallest absolute Gasteiger partial charge is 0.270 e. The monoisotopic (exact) mass is 267 g/mol. The molecule has 0 aromatic heterocycles. The van der Waals surface area contributed by atoms with E-state index in [1.165, 1.54) is 12.1 Å². The molecule has 0 spiro atoms. The van der Waals surface area contributed by atoms with Gasteiger partial charge in [0.25, 0.3) is 5.69 Å². The second-order valence-electron chi connectivity index (χ2n) is 4.12. The van der Waals surface area contributed by atoms with Crippen molar-refractivity contribution in [3.63, 3.8) is 0 Å². The van der Waals surface area contributed by atoms with Crippen molar-refractivity contribution in [1.82, 2.24) is 0 Å². The van der Waals surface area contributed by atoms with E-state index in [9.17, 15) is 14.9 Å². The third kappa shape index (κ3) is 2.70. The molecule has 2 unspecified atom stereocenters. The van der Waals surface area contributed by atoms with Gasteiger partial charge in [-0.15, -0.1) is 11.8 Å². The van der Waals surface area contributed by atoms with Crippen LogP contribution in [0.2, 0.25) is 0 Å². The van der Waals surface area contributed by atoms with Crippen molar-refractivity contribution in [2.24, 2.45) is 0 Å². The van der Waals surface area contributed by atoms with Crippen LogP contribution in [-0.2, 0) is 4.74 Å². The lowest BCUT2D eigenvalue weighted by Crippen LogP contribution is -2.13. The van der Waals surface area contributed by atoms with E-state index in [-0.39, 0.29) is 11.8 Å². The highest BCUT2D eigenvalue weighted by Crippen LogP contribution is 2.35. The summed E-state index contributed by atoms with van der Waals surface area (Å²) < 4.78 is 5.46. The molecule has 5 nitrogen and oxygen atoms in total. The summed E-state index contributed by atoms with van der Waals surface area (Å²) in [4.78, 5) is 21.9. The van der Waals surface area contributed by atoms with Gasteiger partial charge in [0.05, 0.1) is 11.0 Å². The molecule has 2 rings (SSSR count). The summed E-state index contributed by atoms with van der Waals surface area (Å²) in [5.74, 6) is 0. The van der Waals surface area contributed by atoms with Crippen LogP contribution >= 0.6 is 11.8 Å². The Kier molecular flexibility index (Phi) is 3.98. The number of ether oxygens (including phenoxy) is 1. The molecule has 1 aromatic rings. The molecule has 18 heavy (non-hydrogen) atoms. The van der Waals surface area contributed by atoms with Gasteiger partial charge < -0.3 is 4.74 Å². The van der Waals surface area contributed by atoms with Gasteiger partial charge in [0, 0.05) is 34.4 Å². The molecule has 2 atom stereocenters. The standard InChI is InChI=1S/C12H13NO4S/c1-8-11(4-5-17-8)18-12-3-2-10(13(15)16)6-9(12)7-14/h2-3,6-8,11H,4-5H2,1H3. The average Bonchev–Trinajstić information content (AvgIpc) is 2.75. The number of nitrogens with zero attached hydrogens (tertiary/aromatic N) is 1. The molecule has 6 heteroatoms. The summed E-state index contributed by atoms with van der Waals surface area (Å²) in [7, 11) is 0. The number of non-ortho nitro benzene ring substituents is 1. The Bertz CT molecular complexity index is 477. The molecule has 0 bridgehead atoms. The van der Waals surface area contributed by atoms with Gasteiger partial charge in [-0.3, -0.25) is 14.9 Å². The first-order chi connectivity index (χ1) is 8.61. The van der Waals surface area contributed by atoms with Crippen LogP contribution in [0.4, 0.5) is 5.69 Å². The van der Waals surface area contributed by atoms with Gasteiger partial charge in [-0.05, 0) is 19.4 Å². The molecule has 1 fully saturated rings. The highest BCUT2D eigenvalue weighted by atomic mass is 32.2. The summed E-state index contributed by atoms with van der Waals surface area (Å²) in [5.41, 5.74) is 0.311. The average molecular weight is 267 g/mol. The SMILES string of the molecule is CC1OCCC1Sc1ccc([N+](=O)[O-])cc1C=O. The van der Waals surface area contributed by atoms with Crippen LogP contribution in [-0.4, -0.2) is 29.2 Å². The molecule has 1 heterocycles. The summed E-state index contributed by atoms with van der Waals surface area (Å²) >= 11 is 1.55. The first kappa shape index (κ1) is 13.0. The summed E-state index contributed by atoms with van der Waals surface area (Å²) in [6.45, 7) is 2.72. The Balaban J connectivity index is 2.22. The van der Waals surface area contributed by atoms with Crippen LogP contribution in [0.15, 0.2) is 23.1 Å². The Morgan fingerprint density at radius 1 is 1.56 bits per heavy atom. The largest absolute Gasteiger partial charge is 0.377 e. The van der Waals surface area contributed by atoms with Gasteiger partial charge in [0.2, 0.25) is 0 Å². The van der Waals surface area contributed by atoms with E-state index in [0.717, 1.165) is 17.9 Å². The predicted octanol–water partition coefficient (Wildman–Crippen LogP) is 2.68. The zero-order valence-electron chi connectivity index (χ0n) is 9.87. The molecule has 1 saturated heterocycles. The van der Waals surface area contributed by atoms with E-state index in [2.05, 4.69) is 0 Å². The number of nitro benzene ring substituents is 1. The first-order valence-corrected chi connectivity index (χ1v) is 6.51. The quantitative estimate of drug-likeness (QED) is 0.476. The molecule has 96 valence electrons. The zero-order valence-corrected chi connectivity index (χ0v) is 10.7. The number of nitro groups is 1. The van der Waals surface area contributed by atoms with Crippen molar-refractivity contribution in [3.8, 4) is 0 Å². The fraction of sp³-hybridized carbons (Fsp3) is 0.417. The summed E-state index contributed by atoms with van der Waals surface area (Å²) in [6, 6.07) is 4.38. The van der Waals surface area contributed by atoms with E-state index >= 15 is 0 Å². The second-order valence-corrected chi connectivity index (χ2v) is 5.40. The first-order valence-electron chi connectivity index (χ1n) is 5.63. The summed E-state index contributed by atoms with van der Waals surface area (Å²) in [6.07, 6.45) is 1.74. The Morgan fingerprint density at radius 2 is 2.33 bits per heavy atom. The van der Waals surface area contributed by atoms with Crippen LogP contribution in [0, 0.1) is 10.1 Å². The van der Waals surface area contributed by atoms with Gasteiger partial charge in [-0.1, -0.05) is 0 Å². The Labute approximate surface area is 109 Å². The molecular weight excluding hydrogens is 254 g/mol. The Hall–Kier alpha value is -1.40.